The third-order valence-corrected chi connectivity index (χ3v) is 6.09. The first kappa shape index (κ1) is 14.4. The van der Waals surface area contributed by atoms with E-state index in [1.54, 1.807) is 0 Å². The van der Waals surface area contributed by atoms with E-state index in [2.05, 4.69) is 51.7 Å². The molecular weight excluding hydrogens is 258 g/mol. The highest BCUT2D eigenvalue weighted by molar-refractivity contribution is 5.98. The van der Waals surface area contributed by atoms with Crippen molar-refractivity contribution in [1.29, 1.82) is 0 Å². The van der Waals surface area contributed by atoms with E-state index in [0.717, 1.165) is 30.5 Å². The molecule has 0 radical (unpaired) electrons. The Labute approximate surface area is 127 Å². The van der Waals surface area contributed by atoms with Crippen LogP contribution in [-0.2, 0) is 4.79 Å². The Morgan fingerprint density at radius 1 is 1.29 bits per heavy atom. The van der Waals surface area contributed by atoms with Crippen LogP contribution in [-0.4, -0.2) is 5.91 Å². The lowest BCUT2D eigenvalue weighted by Crippen LogP contribution is -2.37. The smallest absolute Gasteiger partial charge is 0.234 e. The van der Waals surface area contributed by atoms with Crippen molar-refractivity contribution in [3.05, 3.63) is 41.5 Å². The van der Waals surface area contributed by atoms with E-state index in [1.165, 1.54) is 11.1 Å². The fourth-order valence-electron chi connectivity index (χ4n) is 4.21. The first-order chi connectivity index (χ1) is 9.77. The first-order valence-electron chi connectivity index (χ1n) is 7.86. The zero-order valence-corrected chi connectivity index (χ0v) is 13.5. The van der Waals surface area contributed by atoms with Crippen LogP contribution in [0.25, 0.3) is 0 Å². The predicted molar refractivity (Wildman–Crippen MR) is 87.2 cm³/mol. The van der Waals surface area contributed by atoms with Crippen LogP contribution in [0.1, 0.15) is 44.2 Å². The van der Waals surface area contributed by atoms with Gasteiger partial charge in [0.15, 0.2) is 0 Å². The molecule has 112 valence electrons. The highest BCUT2D eigenvalue weighted by Gasteiger charge is 2.60. The molecule has 21 heavy (non-hydrogen) atoms. The van der Waals surface area contributed by atoms with Crippen LogP contribution >= 0.6 is 0 Å². The number of carbonyl (C=O) groups excluding carboxylic acids is 1. The summed E-state index contributed by atoms with van der Waals surface area (Å²) in [5.74, 6) is 0.749. The van der Waals surface area contributed by atoms with Gasteiger partial charge in [0.05, 0.1) is 5.41 Å². The summed E-state index contributed by atoms with van der Waals surface area (Å²) in [5.41, 5.74) is 4.25. The fourth-order valence-corrected chi connectivity index (χ4v) is 4.21. The summed E-state index contributed by atoms with van der Waals surface area (Å²) < 4.78 is 0. The van der Waals surface area contributed by atoms with Crippen molar-refractivity contribution < 1.29 is 4.79 Å². The minimum atomic E-state index is -0.340. The highest BCUT2D eigenvalue weighted by Crippen LogP contribution is 2.65. The van der Waals surface area contributed by atoms with Crippen molar-refractivity contribution in [2.24, 2.45) is 16.7 Å². The van der Waals surface area contributed by atoms with E-state index in [9.17, 15) is 4.79 Å². The molecule has 2 nitrogen and oxygen atoms in total. The second-order valence-electron chi connectivity index (χ2n) is 7.48. The maximum absolute atomic E-state index is 12.9. The summed E-state index contributed by atoms with van der Waals surface area (Å²) in [4.78, 5) is 12.9. The number of rotatable bonds is 2. The topological polar surface area (TPSA) is 29.1 Å². The summed E-state index contributed by atoms with van der Waals surface area (Å²) in [6.45, 7) is 12.9. The van der Waals surface area contributed by atoms with Gasteiger partial charge in [-0.2, -0.15) is 0 Å². The zero-order valence-electron chi connectivity index (χ0n) is 13.5. The van der Waals surface area contributed by atoms with Gasteiger partial charge in [-0.1, -0.05) is 32.1 Å². The number of nitrogens with one attached hydrogen (secondary N) is 1. The molecule has 2 heteroatoms. The summed E-state index contributed by atoms with van der Waals surface area (Å²) in [6.07, 6.45) is 3.07. The summed E-state index contributed by atoms with van der Waals surface area (Å²) in [6, 6.07) is 6.11. The molecule has 3 rings (SSSR count). The van der Waals surface area contributed by atoms with Crippen molar-refractivity contribution in [1.82, 2.24) is 0 Å². The fraction of sp³-hybridized carbons (Fsp3) is 0.526. The normalized spacial score (nSPS) is 29.7. The van der Waals surface area contributed by atoms with Crippen LogP contribution in [0, 0.1) is 30.6 Å². The molecule has 2 aliphatic rings. The van der Waals surface area contributed by atoms with Gasteiger partial charge in [-0.25, -0.2) is 0 Å². The number of benzene rings is 1. The molecule has 0 spiro atoms. The Bertz CT molecular complexity index is 628. The number of anilines is 1. The van der Waals surface area contributed by atoms with Gasteiger partial charge >= 0.3 is 0 Å². The quantitative estimate of drug-likeness (QED) is 0.788. The summed E-state index contributed by atoms with van der Waals surface area (Å²) in [7, 11) is 0. The van der Waals surface area contributed by atoms with Gasteiger partial charge in [0.2, 0.25) is 5.91 Å². The summed E-state index contributed by atoms with van der Waals surface area (Å²) in [5, 5.41) is 3.14. The molecular formula is C19H25NO. The molecule has 0 aliphatic heterocycles. The maximum atomic E-state index is 12.9. The largest absolute Gasteiger partial charge is 0.325 e. The van der Waals surface area contributed by atoms with E-state index in [0.29, 0.717) is 5.92 Å². The molecule has 2 fully saturated rings. The van der Waals surface area contributed by atoms with Crippen molar-refractivity contribution in [2.45, 2.75) is 47.0 Å². The van der Waals surface area contributed by atoms with Crippen LogP contribution in [0.5, 0.6) is 0 Å². The molecule has 0 aromatic heterocycles. The lowest BCUT2D eigenvalue weighted by Gasteiger charge is -2.37. The van der Waals surface area contributed by atoms with E-state index in [4.69, 9.17) is 0 Å². The van der Waals surface area contributed by atoms with Gasteiger partial charge in [0, 0.05) is 5.69 Å². The number of fused-ring (bicyclic) bond motifs is 2. The molecule has 0 saturated heterocycles. The molecule has 2 aliphatic carbocycles. The third kappa shape index (κ3) is 1.96. The average molecular weight is 283 g/mol. The average Bonchev–Trinajstić information content (AvgIpc) is 2.95. The van der Waals surface area contributed by atoms with Gasteiger partial charge in [-0.05, 0) is 67.7 Å². The lowest BCUT2D eigenvalue weighted by atomic mass is 9.68. The van der Waals surface area contributed by atoms with Gasteiger partial charge in [-0.15, -0.1) is 0 Å². The molecule has 0 heterocycles. The van der Waals surface area contributed by atoms with Crippen LogP contribution in [0.3, 0.4) is 0 Å². The van der Waals surface area contributed by atoms with Crippen molar-refractivity contribution in [3.8, 4) is 0 Å². The van der Waals surface area contributed by atoms with Gasteiger partial charge in [-0.3, -0.25) is 4.79 Å². The zero-order chi connectivity index (χ0) is 15.4. The first-order valence-corrected chi connectivity index (χ1v) is 7.86. The van der Waals surface area contributed by atoms with Gasteiger partial charge in [0.1, 0.15) is 0 Å². The van der Waals surface area contributed by atoms with Crippen molar-refractivity contribution >= 4 is 11.6 Å². The predicted octanol–water partition coefficient (Wildman–Crippen LogP) is 4.62. The maximum Gasteiger partial charge on any atom is 0.234 e. The monoisotopic (exact) mass is 283 g/mol. The van der Waals surface area contributed by atoms with Gasteiger partial charge in [0.25, 0.3) is 0 Å². The minimum Gasteiger partial charge on any atom is -0.325 e. The van der Waals surface area contributed by atoms with Crippen LogP contribution in [0.15, 0.2) is 30.4 Å². The Morgan fingerprint density at radius 2 is 2.00 bits per heavy atom. The van der Waals surface area contributed by atoms with Crippen LogP contribution < -0.4 is 5.32 Å². The Balaban J connectivity index is 1.86. The second kappa shape index (κ2) is 4.46. The third-order valence-electron chi connectivity index (χ3n) is 6.09. The van der Waals surface area contributed by atoms with E-state index in [1.807, 2.05) is 6.07 Å². The molecule has 1 aromatic carbocycles. The second-order valence-corrected chi connectivity index (χ2v) is 7.48. The Morgan fingerprint density at radius 3 is 2.57 bits per heavy atom. The highest BCUT2D eigenvalue weighted by atomic mass is 16.2. The number of hydrogen-bond acceptors (Lipinski definition) is 1. The van der Waals surface area contributed by atoms with E-state index < -0.39 is 0 Å². The van der Waals surface area contributed by atoms with Crippen molar-refractivity contribution in [3.63, 3.8) is 0 Å². The minimum absolute atomic E-state index is 0.0960. The number of carbonyl (C=O) groups is 1. The molecule has 1 N–H and O–H groups in total. The number of amides is 1. The lowest BCUT2D eigenvalue weighted by molar-refractivity contribution is -0.123. The van der Waals surface area contributed by atoms with Gasteiger partial charge < -0.3 is 5.32 Å². The molecule has 0 unspecified atom stereocenters. The molecule has 2 bridgehead atoms. The van der Waals surface area contributed by atoms with Crippen molar-refractivity contribution in [2.75, 3.05) is 5.32 Å². The Kier molecular flexibility index (Phi) is 3.05. The number of hydrogen-bond donors (Lipinski definition) is 1. The molecule has 1 aromatic rings. The molecule has 2 atom stereocenters. The van der Waals surface area contributed by atoms with Crippen LogP contribution in [0.2, 0.25) is 0 Å². The summed E-state index contributed by atoms with van der Waals surface area (Å²) >= 11 is 0. The SMILES string of the molecule is C=C1C(C)(C)[C@H]2CC[C@@]1(C(=O)Nc1ccc(C)c(C)c1)C2. The Hall–Kier alpha value is -1.57. The molecule has 2 saturated carbocycles. The number of aryl methyl sites for hydroxylation is 2. The van der Waals surface area contributed by atoms with E-state index in [-0.39, 0.29) is 16.7 Å². The van der Waals surface area contributed by atoms with E-state index >= 15 is 0 Å². The standard InChI is InChI=1S/C19H25NO/c1-12-6-7-16(10-13(12)2)20-17(21)19-9-8-15(11-19)18(4,5)14(19)3/h6-7,10,15H,3,8-9,11H2,1-2,4-5H3,(H,20,21)/t15-,19+/m0/s1. The van der Waals surface area contributed by atoms with Crippen LogP contribution in [0.4, 0.5) is 5.69 Å². The molecule has 1 amide bonds.